The van der Waals surface area contributed by atoms with Crippen molar-refractivity contribution in [3.8, 4) is 6.07 Å². The number of unbranched alkanes of at least 4 members (excludes halogenated alkanes) is 1. The lowest BCUT2D eigenvalue weighted by Crippen LogP contribution is -2.46. The topological polar surface area (TPSA) is 47.3 Å². The van der Waals surface area contributed by atoms with Crippen molar-refractivity contribution in [1.29, 1.82) is 5.26 Å². The monoisotopic (exact) mass is 265 g/mol. The van der Waals surface area contributed by atoms with Crippen LogP contribution in [0.2, 0.25) is 0 Å². The Balaban J connectivity index is 2.28. The Morgan fingerprint density at radius 2 is 2.05 bits per heavy atom. The van der Waals surface area contributed by atoms with Gasteiger partial charge in [0.2, 0.25) is 5.91 Å². The minimum atomic E-state index is 0.306. The summed E-state index contributed by atoms with van der Waals surface area (Å²) < 4.78 is 0. The maximum Gasteiger partial charge on any atom is 0.222 e. The number of piperidine rings is 1. The lowest BCUT2D eigenvalue weighted by Gasteiger charge is -2.37. The molecule has 108 valence electrons. The lowest BCUT2D eigenvalue weighted by molar-refractivity contribution is -0.133. The van der Waals surface area contributed by atoms with Crippen molar-refractivity contribution in [3.05, 3.63) is 0 Å². The maximum absolute atomic E-state index is 12.0. The zero-order chi connectivity index (χ0) is 14.3. The first kappa shape index (κ1) is 16.0. The van der Waals surface area contributed by atoms with Crippen molar-refractivity contribution in [3.63, 3.8) is 0 Å². The molecule has 0 unspecified atom stereocenters. The summed E-state index contributed by atoms with van der Waals surface area (Å²) in [6.45, 7) is 6.94. The molecule has 0 aromatic rings. The summed E-state index contributed by atoms with van der Waals surface area (Å²) in [6.07, 6.45) is 4.37. The van der Waals surface area contributed by atoms with Crippen LogP contribution in [0.1, 0.15) is 46.0 Å². The Morgan fingerprint density at radius 3 is 2.58 bits per heavy atom. The Bertz CT molecular complexity index is 314. The van der Waals surface area contributed by atoms with Crippen molar-refractivity contribution < 1.29 is 4.79 Å². The first-order chi connectivity index (χ1) is 9.04. The minimum absolute atomic E-state index is 0.306. The van der Waals surface area contributed by atoms with E-state index in [0.29, 0.717) is 30.7 Å². The number of hydrogen-bond acceptors (Lipinski definition) is 3. The highest BCUT2D eigenvalue weighted by Gasteiger charge is 2.25. The van der Waals surface area contributed by atoms with E-state index in [9.17, 15) is 4.79 Å². The number of rotatable bonds is 6. The van der Waals surface area contributed by atoms with E-state index >= 15 is 0 Å². The molecule has 1 rings (SSSR count). The molecule has 4 nitrogen and oxygen atoms in total. The van der Waals surface area contributed by atoms with Crippen LogP contribution in [-0.2, 0) is 4.79 Å². The van der Waals surface area contributed by atoms with Gasteiger partial charge in [-0.25, -0.2) is 0 Å². The fourth-order valence-corrected chi connectivity index (χ4v) is 2.62. The molecular formula is C15H27N3O. The summed E-state index contributed by atoms with van der Waals surface area (Å²) >= 11 is 0. The Hall–Kier alpha value is -1.08. The highest BCUT2D eigenvalue weighted by atomic mass is 16.2. The number of hydrogen-bond donors (Lipinski definition) is 0. The first-order valence-electron chi connectivity index (χ1n) is 7.39. The molecule has 0 aromatic heterocycles. The normalized spacial score (nSPS) is 16.9. The van der Waals surface area contributed by atoms with Crippen LogP contribution < -0.4 is 0 Å². The third kappa shape index (κ3) is 5.61. The summed E-state index contributed by atoms with van der Waals surface area (Å²) in [7, 11) is 2.13. The van der Waals surface area contributed by atoms with Crippen LogP contribution in [0.15, 0.2) is 0 Å². The van der Waals surface area contributed by atoms with Gasteiger partial charge in [0.25, 0.3) is 0 Å². The van der Waals surface area contributed by atoms with Crippen LogP contribution in [0.25, 0.3) is 0 Å². The van der Waals surface area contributed by atoms with Crippen LogP contribution in [0, 0.1) is 17.2 Å². The van der Waals surface area contributed by atoms with Gasteiger partial charge < -0.3 is 9.80 Å². The average Bonchev–Trinajstić information content (AvgIpc) is 2.38. The predicted octanol–water partition coefficient (Wildman–Crippen LogP) is 2.26. The second-order valence-electron chi connectivity index (χ2n) is 5.95. The standard InChI is InChI=1S/C15H27N3O/c1-13(2)12-15(19)18-10-6-14(7-11-18)17(3)9-5-4-8-16/h13-14H,4-7,9-12H2,1-3H3. The van der Waals surface area contributed by atoms with Gasteiger partial charge >= 0.3 is 0 Å². The maximum atomic E-state index is 12.0. The van der Waals surface area contributed by atoms with E-state index in [4.69, 9.17) is 5.26 Å². The second kappa shape index (κ2) is 8.16. The van der Waals surface area contributed by atoms with Crippen molar-refractivity contribution >= 4 is 5.91 Å². The molecule has 1 heterocycles. The summed E-state index contributed by atoms with van der Waals surface area (Å²) in [6, 6.07) is 2.76. The molecule has 0 saturated carbocycles. The Kier molecular flexibility index (Phi) is 6.86. The Labute approximate surface area is 117 Å². The number of amides is 1. The number of nitriles is 1. The number of carbonyl (C=O) groups excluding carboxylic acids is 1. The molecule has 0 N–H and O–H groups in total. The van der Waals surface area contributed by atoms with Crippen molar-refractivity contribution in [2.24, 2.45) is 5.92 Å². The van der Waals surface area contributed by atoms with Gasteiger partial charge in [-0.2, -0.15) is 5.26 Å². The molecule has 1 amide bonds. The fraction of sp³-hybridized carbons (Fsp3) is 0.867. The molecule has 1 aliphatic rings. The van der Waals surface area contributed by atoms with Crippen molar-refractivity contribution in [1.82, 2.24) is 9.80 Å². The molecule has 0 bridgehead atoms. The number of carbonyl (C=O) groups is 1. The molecule has 4 heteroatoms. The molecule has 1 fully saturated rings. The lowest BCUT2D eigenvalue weighted by atomic mass is 10.0. The van der Waals surface area contributed by atoms with E-state index in [2.05, 4.69) is 31.9 Å². The van der Waals surface area contributed by atoms with Gasteiger partial charge in [-0.05, 0) is 38.8 Å². The van der Waals surface area contributed by atoms with Gasteiger partial charge in [-0.15, -0.1) is 0 Å². The minimum Gasteiger partial charge on any atom is -0.343 e. The second-order valence-corrected chi connectivity index (χ2v) is 5.95. The number of likely N-dealkylation sites (tertiary alicyclic amines) is 1. The van der Waals surface area contributed by atoms with Gasteiger partial charge in [-0.1, -0.05) is 13.8 Å². The molecule has 0 aliphatic carbocycles. The molecule has 0 atom stereocenters. The van der Waals surface area contributed by atoms with Crippen LogP contribution >= 0.6 is 0 Å². The van der Waals surface area contributed by atoms with E-state index in [1.165, 1.54) is 0 Å². The quantitative estimate of drug-likeness (QED) is 0.692. The molecule has 19 heavy (non-hydrogen) atoms. The average molecular weight is 265 g/mol. The van der Waals surface area contributed by atoms with Gasteiger partial charge in [0.1, 0.15) is 0 Å². The van der Waals surface area contributed by atoms with E-state index in [0.717, 1.165) is 38.9 Å². The van der Waals surface area contributed by atoms with E-state index in [-0.39, 0.29) is 0 Å². The SMILES string of the molecule is CC(C)CC(=O)N1CCC(N(C)CCCC#N)CC1. The van der Waals surface area contributed by atoms with E-state index < -0.39 is 0 Å². The molecular weight excluding hydrogens is 238 g/mol. The Morgan fingerprint density at radius 1 is 1.42 bits per heavy atom. The van der Waals surface area contributed by atoms with Crippen molar-refractivity contribution in [2.75, 3.05) is 26.7 Å². The zero-order valence-corrected chi connectivity index (χ0v) is 12.6. The molecule has 1 saturated heterocycles. The zero-order valence-electron chi connectivity index (χ0n) is 12.6. The number of nitrogens with zero attached hydrogens (tertiary/aromatic N) is 3. The highest BCUT2D eigenvalue weighted by Crippen LogP contribution is 2.17. The van der Waals surface area contributed by atoms with E-state index in [1.54, 1.807) is 0 Å². The molecule has 0 aromatic carbocycles. The van der Waals surface area contributed by atoms with Crippen LogP contribution in [-0.4, -0.2) is 48.4 Å². The predicted molar refractivity (Wildman–Crippen MR) is 76.5 cm³/mol. The first-order valence-corrected chi connectivity index (χ1v) is 7.39. The summed E-state index contributed by atoms with van der Waals surface area (Å²) in [4.78, 5) is 16.3. The fourth-order valence-electron chi connectivity index (χ4n) is 2.62. The molecule has 1 aliphatic heterocycles. The highest BCUT2D eigenvalue weighted by molar-refractivity contribution is 5.76. The molecule has 0 radical (unpaired) electrons. The molecule has 0 spiro atoms. The van der Waals surface area contributed by atoms with Crippen LogP contribution in [0.5, 0.6) is 0 Å². The summed E-state index contributed by atoms with van der Waals surface area (Å²) in [5.41, 5.74) is 0. The van der Waals surface area contributed by atoms with Crippen LogP contribution in [0.4, 0.5) is 0 Å². The van der Waals surface area contributed by atoms with Gasteiger partial charge in [0.05, 0.1) is 6.07 Å². The van der Waals surface area contributed by atoms with Gasteiger partial charge in [-0.3, -0.25) is 4.79 Å². The third-order valence-corrected chi connectivity index (χ3v) is 3.82. The van der Waals surface area contributed by atoms with Gasteiger partial charge in [0, 0.05) is 32.0 Å². The van der Waals surface area contributed by atoms with E-state index in [1.807, 2.05) is 4.90 Å². The largest absolute Gasteiger partial charge is 0.343 e. The van der Waals surface area contributed by atoms with Crippen molar-refractivity contribution in [2.45, 2.75) is 52.0 Å². The third-order valence-electron chi connectivity index (χ3n) is 3.82. The summed E-state index contributed by atoms with van der Waals surface area (Å²) in [5.74, 6) is 0.750. The summed E-state index contributed by atoms with van der Waals surface area (Å²) in [5, 5.41) is 8.54. The van der Waals surface area contributed by atoms with Gasteiger partial charge in [0.15, 0.2) is 0 Å². The van der Waals surface area contributed by atoms with Crippen LogP contribution in [0.3, 0.4) is 0 Å². The smallest absolute Gasteiger partial charge is 0.222 e.